The fourth-order valence-corrected chi connectivity index (χ4v) is 2.24. The second-order valence-electron chi connectivity index (χ2n) is 3.02. The normalized spacial score (nSPS) is 23.2. The zero-order valence-corrected chi connectivity index (χ0v) is 7.73. The summed E-state index contributed by atoms with van der Waals surface area (Å²) < 4.78 is 0. The van der Waals surface area contributed by atoms with Crippen LogP contribution < -0.4 is 11.1 Å². The van der Waals surface area contributed by atoms with E-state index in [1.165, 1.54) is 18.5 Å². The Morgan fingerprint density at radius 3 is 3.25 bits per heavy atom. The Hall–Kier alpha value is -0.450. The molecule has 1 aliphatic heterocycles. The maximum Gasteiger partial charge on any atom is 0.107 e. The van der Waals surface area contributed by atoms with Crippen LogP contribution in [0, 0.1) is 0 Å². The highest BCUT2D eigenvalue weighted by molar-refractivity contribution is 7.09. The molecule has 2 rings (SSSR count). The van der Waals surface area contributed by atoms with Gasteiger partial charge in [0.1, 0.15) is 5.01 Å². The van der Waals surface area contributed by atoms with Gasteiger partial charge in [-0.25, -0.2) is 4.98 Å². The highest BCUT2D eigenvalue weighted by Crippen LogP contribution is 2.23. The van der Waals surface area contributed by atoms with Gasteiger partial charge in [0.25, 0.3) is 0 Å². The zero-order chi connectivity index (χ0) is 8.39. The lowest BCUT2D eigenvalue weighted by atomic mass is 10.2. The van der Waals surface area contributed by atoms with E-state index >= 15 is 0 Å². The molecule has 0 aromatic carbocycles. The number of nitrogens with one attached hydrogen (secondary N) is 1. The molecule has 1 unspecified atom stereocenters. The molecule has 0 radical (unpaired) electrons. The molecule has 1 fully saturated rings. The van der Waals surface area contributed by atoms with Crippen molar-refractivity contribution in [2.75, 3.05) is 6.54 Å². The van der Waals surface area contributed by atoms with Crippen molar-refractivity contribution in [2.45, 2.75) is 25.4 Å². The first-order valence-corrected chi connectivity index (χ1v) is 5.16. The minimum absolute atomic E-state index is 0.488. The fourth-order valence-electron chi connectivity index (χ4n) is 1.52. The summed E-state index contributed by atoms with van der Waals surface area (Å²) in [5.74, 6) is 0. The summed E-state index contributed by atoms with van der Waals surface area (Å²) in [6.07, 6.45) is 2.48. The van der Waals surface area contributed by atoms with Crippen molar-refractivity contribution < 1.29 is 0 Å². The van der Waals surface area contributed by atoms with Crippen molar-refractivity contribution in [3.05, 3.63) is 16.1 Å². The summed E-state index contributed by atoms with van der Waals surface area (Å²) >= 11 is 1.66. The number of hydrogen-bond donors (Lipinski definition) is 2. The number of thiazole rings is 1. The van der Waals surface area contributed by atoms with Gasteiger partial charge in [0.05, 0.1) is 11.7 Å². The second kappa shape index (κ2) is 3.51. The number of rotatable bonds is 2. The van der Waals surface area contributed by atoms with Crippen molar-refractivity contribution >= 4 is 11.3 Å². The van der Waals surface area contributed by atoms with E-state index in [1.54, 1.807) is 11.3 Å². The van der Waals surface area contributed by atoms with Gasteiger partial charge in [0.15, 0.2) is 0 Å². The van der Waals surface area contributed by atoms with Crippen LogP contribution in [0.5, 0.6) is 0 Å². The van der Waals surface area contributed by atoms with Crippen LogP contribution in [0.1, 0.15) is 29.6 Å². The quantitative estimate of drug-likeness (QED) is 0.720. The van der Waals surface area contributed by atoms with E-state index in [-0.39, 0.29) is 0 Å². The number of aromatic nitrogens is 1. The van der Waals surface area contributed by atoms with Gasteiger partial charge in [-0.2, -0.15) is 0 Å². The zero-order valence-electron chi connectivity index (χ0n) is 6.92. The smallest absolute Gasteiger partial charge is 0.107 e. The first-order valence-electron chi connectivity index (χ1n) is 4.28. The molecule has 3 nitrogen and oxygen atoms in total. The van der Waals surface area contributed by atoms with E-state index in [0.29, 0.717) is 12.6 Å². The predicted octanol–water partition coefficient (Wildman–Crippen LogP) is 1.03. The molecule has 66 valence electrons. The Balaban J connectivity index is 2.11. The molecule has 0 bridgehead atoms. The lowest BCUT2D eigenvalue weighted by Gasteiger charge is -2.04. The third-order valence-electron chi connectivity index (χ3n) is 2.16. The third kappa shape index (κ3) is 1.50. The Labute approximate surface area is 76.0 Å². The van der Waals surface area contributed by atoms with Crippen LogP contribution in [0.15, 0.2) is 5.38 Å². The first kappa shape index (κ1) is 8.16. The van der Waals surface area contributed by atoms with Gasteiger partial charge in [-0.15, -0.1) is 11.3 Å². The van der Waals surface area contributed by atoms with Gasteiger partial charge >= 0.3 is 0 Å². The standard InChI is InChI=1S/C8H13N3S/c9-4-8-11-7(5-12-8)6-2-1-3-10-6/h5-6,10H,1-4,9H2. The van der Waals surface area contributed by atoms with Crippen LogP contribution in [0.4, 0.5) is 0 Å². The van der Waals surface area contributed by atoms with E-state index < -0.39 is 0 Å². The molecule has 0 amide bonds. The van der Waals surface area contributed by atoms with E-state index in [9.17, 15) is 0 Å². The topological polar surface area (TPSA) is 50.9 Å². The lowest BCUT2D eigenvalue weighted by Crippen LogP contribution is -2.13. The van der Waals surface area contributed by atoms with Crippen LogP contribution in [-0.2, 0) is 6.54 Å². The molecule has 3 N–H and O–H groups in total. The molecule has 1 saturated heterocycles. The molecular weight excluding hydrogens is 170 g/mol. The summed E-state index contributed by atoms with van der Waals surface area (Å²) in [5, 5.41) is 6.57. The highest BCUT2D eigenvalue weighted by atomic mass is 32.1. The molecule has 12 heavy (non-hydrogen) atoms. The largest absolute Gasteiger partial charge is 0.325 e. The second-order valence-corrected chi connectivity index (χ2v) is 3.96. The van der Waals surface area contributed by atoms with Crippen molar-refractivity contribution in [3.63, 3.8) is 0 Å². The summed E-state index contributed by atoms with van der Waals surface area (Å²) in [7, 11) is 0. The number of nitrogens with two attached hydrogens (primary N) is 1. The van der Waals surface area contributed by atoms with Gasteiger partial charge in [-0.1, -0.05) is 0 Å². The van der Waals surface area contributed by atoms with Crippen LogP contribution in [0.25, 0.3) is 0 Å². The fraction of sp³-hybridized carbons (Fsp3) is 0.625. The molecular formula is C8H13N3S. The van der Waals surface area contributed by atoms with Crippen LogP contribution >= 0.6 is 11.3 Å². The van der Waals surface area contributed by atoms with Gasteiger partial charge in [-0.3, -0.25) is 0 Å². The number of nitrogens with zero attached hydrogens (tertiary/aromatic N) is 1. The van der Waals surface area contributed by atoms with Crippen LogP contribution in [-0.4, -0.2) is 11.5 Å². The molecule has 1 aliphatic rings. The molecule has 1 aromatic heterocycles. The lowest BCUT2D eigenvalue weighted by molar-refractivity contribution is 0.629. The van der Waals surface area contributed by atoms with Crippen molar-refractivity contribution in [3.8, 4) is 0 Å². The van der Waals surface area contributed by atoms with E-state index in [2.05, 4.69) is 15.7 Å². The maximum atomic E-state index is 5.49. The molecule has 0 aliphatic carbocycles. The third-order valence-corrected chi connectivity index (χ3v) is 3.05. The monoisotopic (exact) mass is 183 g/mol. The molecule has 1 aromatic rings. The molecule has 2 heterocycles. The Bertz CT molecular complexity index is 253. The van der Waals surface area contributed by atoms with Crippen LogP contribution in [0.3, 0.4) is 0 Å². The Morgan fingerprint density at radius 2 is 2.67 bits per heavy atom. The first-order chi connectivity index (χ1) is 5.90. The van der Waals surface area contributed by atoms with E-state index in [1.807, 2.05) is 0 Å². The minimum Gasteiger partial charge on any atom is -0.325 e. The molecule has 0 spiro atoms. The van der Waals surface area contributed by atoms with Crippen LogP contribution in [0.2, 0.25) is 0 Å². The molecule has 1 atom stereocenters. The van der Waals surface area contributed by atoms with Gasteiger partial charge in [0.2, 0.25) is 0 Å². The van der Waals surface area contributed by atoms with Gasteiger partial charge < -0.3 is 11.1 Å². The Morgan fingerprint density at radius 1 is 1.75 bits per heavy atom. The summed E-state index contributed by atoms with van der Waals surface area (Å²) in [6, 6.07) is 0.488. The summed E-state index contributed by atoms with van der Waals surface area (Å²) in [6.45, 7) is 1.69. The SMILES string of the molecule is NCc1nc(C2CCCN2)cs1. The van der Waals surface area contributed by atoms with Gasteiger partial charge in [0, 0.05) is 11.9 Å². The van der Waals surface area contributed by atoms with Crippen molar-refractivity contribution in [1.82, 2.24) is 10.3 Å². The summed E-state index contributed by atoms with van der Waals surface area (Å²) in [4.78, 5) is 4.44. The average Bonchev–Trinajstić information content (AvgIpc) is 2.75. The van der Waals surface area contributed by atoms with E-state index in [4.69, 9.17) is 5.73 Å². The summed E-state index contributed by atoms with van der Waals surface area (Å²) in [5.41, 5.74) is 6.67. The van der Waals surface area contributed by atoms with E-state index in [0.717, 1.165) is 11.6 Å². The number of hydrogen-bond acceptors (Lipinski definition) is 4. The van der Waals surface area contributed by atoms with Crippen molar-refractivity contribution in [2.24, 2.45) is 5.73 Å². The van der Waals surface area contributed by atoms with Gasteiger partial charge in [-0.05, 0) is 19.4 Å². The molecule has 0 saturated carbocycles. The van der Waals surface area contributed by atoms with Crippen molar-refractivity contribution in [1.29, 1.82) is 0 Å². The molecule has 4 heteroatoms. The Kier molecular flexibility index (Phi) is 2.39. The minimum atomic E-state index is 0.488. The predicted molar refractivity (Wildman–Crippen MR) is 50.0 cm³/mol. The maximum absolute atomic E-state index is 5.49. The highest BCUT2D eigenvalue weighted by Gasteiger charge is 2.18. The average molecular weight is 183 g/mol.